The Balaban J connectivity index is 2.26. The lowest BCUT2D eigenvalue weighted by Crippen LogP contribution is -2.45. The highest BCUT2D eigenvalue weighted by molar-refractivity contribution is 8.14. The van der Waals surface area contributed by atoms with Gasteiger partial charge < -0.3 is 0 Å². The van der Waals surface area contributed by atoms with E-state index in [2.05, 4.69) is 45.0 Å². The van der Waals surface area contributed by atoms with E-state index in [1.54, 1.807) is 11.8 Å². The number of carbonyl (C=O) groups is 1. The maximum Gasteiger partial charge on any atom is 0.168 e. The standard InChI is InChI=1S/C19H28O2S2/c1-6-19(22-12-7-13-23(19)21)17(20)14(2)15-8-10-16(11-9-15)18(3,4)5/h8-11,14H,6-7,12-13H2,1-5H3/t14-,19-,23-/m1/s1. The Morgan fingerprint density at radius 2 is 1.91 bits per heavy atom. The van der Waals surface area contributed by atoms with Gasteiger partial charge in [-0.1, -0.05) is 58.9 Å². The van der Waals surface area contributed by atoms with Crippen molar-refractivity contribution in [2.75, 3.05) is 11.5 Å². The van der Waals surface area contributed by atoms with E-state index in [4.69, 9.17) is 0 Å². The van der Waals surface area contributed by atoms with Crippen LogP contribution in [-0.4, -0.2) is 25.6 Å². The average molecular weight is 353 g/mol. The van der Waals surface area contributed by atoms with E-state index >= 15 is 0 Å². The fourth-order valence-corrected chi connectivity index (χ4v) is 6.84. The number of thioether (sulfide) groups is 1. The van der Waals surface area contributed by atoms with Crippen LogP contribution >= 0.6 is 11.8 Å². The molecule has 2 rings (SSSR count). The smallest absolute Gasteiger partial charge is 0.168 e. The average Bonchev–Trinajstić information content (AvgIpc) is 2.53. The Hall–Kier alpha value is -0.610. The third-order valence-corrected chi connectivity index (χ3v) is 8.93. The van der Waals surface area contributed by atoms with Gasteiger partial charge in [0, 0.05) is 22.5 Å². The Morgan fingerprint density at radius 3 is 2.39 bits per heavy atom. The molecule has 1 aliphatic rings. The third-order valence-electron chi connectivity index (χ3n) is 4.69. The van der Waals surface area contributed by atoms with Crippen molar-refractivity contribution in [3.63, 3.8) is 0 Å². The number of benzene rings is 1. The third kappa shape index (κ3) is 3.74. The molecule has 1 fully saturated rings. The minimum Gasteiger partial charge on any atom is -0.296 e. The molecular formula is C19H28O2S2. The van der Waals surface area contributed by atoms with E-state index in [0.717, 1.165) is 17.7 Å². The SMILES string of the molecule is CC[C@@]1(C(=O)[C@H](C)c2ccc(C(C)(C)C)cc2)SCCC[S@]1=O. The summed E-state index contributed by atoms with van der Waals surface area (Å²) in [6.07, 6.45) is 1.59. The molecule has 0 aliphatic carbocycles. The molecule has 0 bridgehead atoms. The van der Waals surface area contributed by atoms with Gasteiger partial charge in [-0.05, 0) is 35.1 Å². The molecule has 1 aromatic carbocycles. The highest BCUT2D eigenvalue weighted by atomic mass is 32.2. The zero-order valence-electron chi connectivity index (χ0n) is 14.8. The first-order valence-electron chi connectivity index (χ1n) is 8.39. The van der Waals surface area contributed by atoms with Gasteiger partial charge >= 0.3 is 0 Å². The van der Waals surface area contributed by atoms with Crippen molar-refractivity contribution in [2.24, 2.45) is 0 Å². The molecule has 0 amide bonds. The van der Waals surface area contributed by atoms with E-state index < -0.39 is 14.9 Å². The van der Waals surface area contributed by atoms with Crippen LogP contribution in [0.3, 0.4) is 0 Å². The molecule has 0 saturated carbocycles. The van der Waals surface area contributed by atoms with E-state index in [0.29, 0.717) is 12.2 Å². The lowest BCUT2D eigenvalue weighted by molar-refractivity contribution is -0.120. The maximum atomic E-state index is 13.1. The fraction of sp³-hybridized carbons (Fsp3) is 0.632. The molecule has 1 saturated heterocycles. The first-order chi connectivity index (χ1) is 10.7. The molecule has 3 atom stereocenters. The number of carbonyl (C=O) groups excluding carboxylic acids is 1. The lowest BCUT2D eigenvalue weighted by Gasteiger charge is -2.35. The first-order valence-corrected chi connectivity index (χ1v) is 10.7. The minimum atomic E-state index is -1.07. The maximum absolute atomic E-state index is 13.1. The van der Waals surface area contributed by atoms with Crippen LogP contribution in [0.15, 0.2) is 24.3 Å². The zero-order valence-corrected chi connectivity index (χ0v) is 16.5. The van der Waals surface area contributed by atoms with Crippen molar-refractivity contribution >= 4 is 28.3 Å². The van der Waals surface area contributed by atoms with Crippen LogP contribution < -0.4 is 0 Å². The summed E-state index contributed by atoms with van der Waals surface area (Å²) in [6, 6.07) is 8.34. The molecule has 0 spiro atoms. The van der Waals surface area contributed by atoms with Crippen LogP contribution in [0.5, 0.6) is 0 Å². The van der Waals surface area contributed by atoms with Crippen LogP contribution in [0.4, 0.5) is 0 Å². The predicted molar refractivity (Wildman–Crippen MR) is 102 cm³/mol. The Bertz CT molecular complexity index is 586. The molecule has 0 unspecified atom stereocenters. The van der Waals surface area contributed by atoms with Crippen LogP contribution in [0.25, 0.3) is 0 Å². The second-order valence-electron chi connectivity index (χ2n) is 7.32. The van der Waals surface area contributed by atoms with E-state index in [9.17, 15) is 9.00 Å². The number of hydrogen-bond acceptors (Lipinski definition) is 3. The van der Waals surface area contributed by atoms with Crippen LogP contribution in [-0.2, 0) is 21.0 Å². The van der Waals surface area contributed by atoms with Crippen molar-refractivity contribution < 1.29 is 9.00 Å². The number of hydrogen-bond donors (Lipinski definition) is 0. The van der Waals surface area contributed by atoms with Crippen molar-refractivity contribution in [2.45, 2.75) is 62.9 Å². The first kappa shape index (κ1) is 18.7. The molecule has 23 heavy (non-hydrogen) atoms. The normalized spacial score (nSPS) is 26.7. The highest BCUT2D eigenvalue weighted by Gasteiger charge is 2.46. The second-order valence-corrected chi connectivity index (χ2v) is 10.8. The summed E-state index contributed by atoms with van der Waals surface area (Å²) in [4.78, 5) is 13.1. The van der Waals surface area contributed by atoms with E-state index in [-0.39, 0.29) is 17.1 Å². The summed E-state index contributed by atoms with van der Waals surface area (Å²) in [5.41, 5.74) is 2.40. The molecule has 128 valence electrons. The molecule has 0 aromatic heterocycles. The lowest BCUT2D eigenvalue weighted by atomic mass is 9.85. The van der Waals surface area contributed by atoms with Gasteiger partial charge in [-0.15, -0.1) is 11.8 Å². The van der Waals surface area contributed by atoms with Gasteiger partial charge in [-0.2, -0.15) is 0 Å². The summed E-state index contributed by atoms with van der Waals surface area (Å²) < 4.78 is 11.9. The van der Waals surface area contributed by atoms with Crippen molar-refractivity contribution in [1.82, 2.24) is 0 Å². The largest absolute Gasteiger partial charge is 0.296 e. The molecule has 1 aromatic rings. The summed E-state index contributed by atoms with van der Waals surface area (Å²) >= 11 is 1.61. The Labute approximate surface area is 147 Å². The number of rotatable bonds is 4. The Morgan fingerprint density at radius 1 is 1.30 bits per heavy atom. The van der Waals surface area contributed by atoms with Gasteiger partial charge in [0.25, 0.3) is 0 Å². The Kier molecular flexibility index (Phi) is 5.78. The molecule has 0 radical (unpaired) electrons. The quantitative estimate of drug-likeness (QED) is 0.791. The fourth-order valence-electron chi connectivity index (χ4n) is 3.03. The number of Topliss-reactive ketones (excluding diaryl/α,β-unsaturated/α-hetero) is 1. The van der Waals surface area contributed by atoms with Crippen molar-refractivity contribution in [3.05, 3.63) is 35.4 Å². The van der Waals surface area contributed by atoms with Gasteiger partial charge in [-0.3, -0.25) is 9.00 Å². The summed E-state index contributed by atoms with van der Waals surface area (Å²) in [6.45, 7) is 10.5. The van der Waals surface area contributed by atoms with Gasteiger partial charge in [0.2, 0.25) is 0 Å². The molecule has 4 heteroatoms. The van der Waals surface area contributed by atoms with Crippen molar-refractivity contribution in [1.29, 1.82) is 0 Å². The molecule has 2 nitrogen and oxygen atoms in total. The number of ketones is 1. The topological polar surface area (TPSA) is 34.1 Å². The van der Waals surface area contributed by atoms with Gasteiger partial charge in [0.1, 0.15) is 4.08 Å². The summed E-state index contributed by atoms with van der Waals surface area (Å²) in [7, 11) is -1.07. The monoisotopic (exact) mass is 352 g/mol. The zero-order chi connectivity index (χ0) is 17.3. The summed E-state index contributed by atoms with van der Waals surface area (Å²) in [5, 5.41) is 0. The van der Waals surface area contributed by atoms with E-state index in [1.165, 1.54) is 5.56 Å². The highest BCUT2D eigenvalue weighted by Crippen LogP contribution is 2.42. The predicted octanol–water partition coefficient (Wildman–Crippen LogP) is 4.65. The molecule has 0 N–H and O–H groups in total. The molecule has 1 heterocycles. The van der Waals surface area contributed by atoms with Crippen LogP contribution in [0.2, 0.25) is 0 Å². The second kappa shape index (κ2) is 7.10. The van der Waals surface area contributed by atoms with Gasteiger partial charge in [0.15, 0.2) is 5.78 Å². The van der Waals surface area contributed by atoms with Gasteiger partial charge in [0.05, 0.1) is 0 Å². The molecule has 1 aliphatic heterocycles. The van der Waals surface area contributed by atoms with Crippen molar-refractivity contribution in [3.8, 4) is 0 Å². The van der Waals surface area contributed by atoms with Crippen LogP contribution in [0.1, 0.15) is 64.5 Å². The summed E-state index contributed by atoms with van der Waals surface area (Å²) in [5.74, 6) is 1.51. The van der Waals surface area contributed by atoms with Gasteiger partial charge in [-0.25, -0.2) is 0 Å². The van der Waals surface area contributed by atoms with E-state index in [1.807, 2.05) is 13.8 Å². The van der Waals surface area contributed by atoms with Crippen LogP contribution in [0, 0.1) is 0 Å². The molecular weight excluding hydrogens is 324 g/mol. The minimum absolute atomic E-state index is 0.108.